The number of halogens is 3. The second kappa shape index (κ2) is 4.18. The van der Waals surface area contributed by atoms with Gasteiger partial charge >= 0.3 is 18.1 Å². The minimum Gasteiger partial charge on any atom is -0.479 e. The summed E-state index contributed by atoms with van der Waals surface area (Å²) < 4.78 is 37.3. The predicted octanol–water partition coefficient (Wildman–Crippen LogP) is 0.815. The van der Waals surface area contributed by atoms with Crippen molar-refractivity contribution in [3.63, 3.8) is 0 Å². The van der Waals surface area contributed by atoms with Crippen molar-refractivity contribution in [1.82, 2.24) is 14.9 Å². The van der Waals surface area contributed by atoms with Crippen molar-refractivity contribution >= 4 is 11.9 Å². The molecule has 1 aromatic rings. The molecule has 2 heterocycles. The molecule has 1 aromatic heterocycles. The molecule has 19 heavy (non-hydrogen) atoms. The van der Waals surface area contributed by atoms with E-state index in [0.29, 0.717) is 5.82 Å². The molecule has 0 spiro atoms. The van der Waals surface area contributed by atoms with Crippen molar-refractivity contribution in [2.24, 2.45) is 0 Å². The standard InChI is InChI=1S/C10H8F3N3O3/c1-4-14-2-5-6(15-4)3-16(7(5)8(17)18)9(19)10(11,12)13/h2,7H,3H2,1H3,(H,17,18). The number of amides is 1. The van der Waals surface area contributed by atoms with E-state index in [-0.39, 0.29) is 16.2 Å². The van der Waals surface area contributed by atoms with Crippen molar-refractivity contribution in [1.29, 1.82) is 0 Å². The minimum absolute atomic E-state index is 0.00991. The highest BCUT2D eigenvalue weighted by atomic mass is 19.4. The number of aromatic nitrogens is 2. The Hall–Kier alpha value is -2.19. The second-order valence-electron chi connectivity index (χ2n) is 3.99. The molecular formula is C10H8F3N3O3. The number of carboxylic acids is 1. The molecule has 6 nitrogen and oxygen atoms in total. The van der Waals surface area contributed by atoms with Gasteiger partial charge in [0.2, 0.25) is 0 Å². The maximum Gasteiger partial charge on any atom is 0.471 e. The van der Waals surface area contributed by atoms with Gasteiger partial charge in [0, 0.05) is 11.8 Å². The van der Waals surface area contributed by atoms with Crippen LogP contribution < -0.4 is 0 Å². The molecule has 0 radical (unpaired) electrons. The van der Waals surface area contributed by atoms with E-state index in [1.54, 1.807) is 0 Å². The Bertz CT molecular complexity index is 559. The van der Waals surface area contributed by atoms with E-state index in [4.69, 9.17) is 5.11 Å². The number of nitrogens with zero attached hydrogens (tertiary/aromatic N) is 3. The van der Waals surface area contributed by atoms with Gasteiger partial charge < -0.3 is 10.0 Å². The van der Waals surface area contributed by atoms with E-state index in [0.717, 1.165) is 6.20 Å². The molecule has 2 rings (SSSR count). The fraction of sp³-hybridized carbons (Fsp3) is 0.400. The number of carboxylic acid groups (broad SMARTS) is 1. The molecule has 9 heteroatoms. The molecular weight excluding hydrogens is 267 g/mol. The average molecular weight is 275 g/mol. The lowest BCUT2D eigenvalue weighted by atomic mass is 10.1. The van der Waals surface area contributed by atoms with Crippen LogP contribution in [0.4, 0.5) is 13.2 Å². The zero-order chi connectivity index (χ0) is 14.4. The fourth-order valence-corrected chi connectivity index (χ4v) is 1.92. The zero-order valence-corrected chi connectivity index (χ0v) is 9.60. The second-order valence-corrected chi connectivity index (χ2v) is 3.99. The van der Waals surface area contributed by atoms with Crippen LogP contribution in [0.2, 0.25) is 0 Å². The number of aryl methyl sites for hydroxylation is 1. The van der Waals surface area contributed by atoms with E-state index in [2.05, 4.69) is 9.97 Å². The molecule has 1 aliphatic heterocycles. The maximum atomic E-state index is 12.4. The summed E-state index contributed by atoms with van der Waals surface area (Å²) in [5, 5.41) is 9.00. The number of hydrogen-bond donors (Lipinski definition) is 1. The van der Waals surface area contributed by atoms with Gasteiger partial charge in [-0.15, -0.1) is 0 Å². The van der Waals surface area contributed by atoms with E-state index < -0.39 is 30.6 Å². The maximum absolute atomic E-state index is 12.4. The summed E-state index contributed by atoms with van der Waals surface area (Å²) >= 11 is 0. The van der Waals surface area contributed by atoms with E-state index in [9.17, 15) is 22.8 Å². The first kappa shape index (κ1) is 13.2. The van der Waals surface area contributed by atoms with Crippen LogP contribution in [0.5, 0.6) is 0 Å². The van der Waals surface area contributed by atoms with Crippen LogP contribution in [0.25, 0.3) is 0 Å². The molecule has 0 aromatic carbocycles. The van der Waals surface area contributed by atoms with Gasteiger partial charge in [0.25, 0.3) is 0 Å². The van der Waals surface area contributed by atoms with Crippen molar-refractivity contribution in [2.75, 3.05) is 0 Å². The SMILES string of the molecule is Cc1ncc2c(n1)CN(C(=O)C(F)(F)F)C2C(=O)O. The first-order valence-electron chi connectivity index (χ1n) is 5.15. The summed E-state index contributed by atoms with van der Waals surface area (Å²) in [5.41, 5.74) is 0.133. The third-order valence-electron chi connectivity index (χ3n) is 2.68. The zero-order valence-electron chi connectivity index (χ0n) is 9.60. The van der Waals surface area contributed by atoms with Gasteiger partial charge in [-0.3, -0.25) is 4.79 Å². The molecule has 0 aliphatic carbocycles. The topological polar surface area (TPSA) is 83.4 Å². The summed E-state index contributed by atoms with van der Waals surface area (Å²) in [6, 6.07) is -1.70. The Balaban J connectivity index is 2.45. The molecule has 0 fully saturated rings. The Morgan fingerprint density at radius 3 is 2.63 bits per heavy atom. The van der Waals surface area contributed by atoms with Gasteiger partial charge in [0.1, 0.15) is 5.82 Å². The lowest BCUT2D eigenvalue weighted by molar-refractivity contribution is -0.189. The quantitative estimate of drug-likeness (QED) is 0.820. The molecule has 0 saturated carbocycles. The predicted molar refractivity (Wildman–Crippen MR) is 53.8 cm³/mol. The van der Waals surface area contributed by atoms with Gasteiger partial charge in [-0.05, 0) is 6.92 Å². The molecule has 102 valence electrons. The van der Waals surface area contributed by atoms with Gasteiger partial charge in [-0.2, -0.15) is 13.2 Å². The largest absolute Gasteiger partial charge is 0.479 e. The molecule has 0 bridgehead atoms. The highest BCUT2D eigenvalue weighted by Crippen LogP contribution is 2.35. The lowest BCUT2D eigenvalue weighted by Crippen LogP contribution is -2.42. The van der Waals surface area contributed by atoms with Crippen molar-refractivity contribution < 1.29 is 27.9 Å². The monoisotopic (exact) mass is 275 g/mol. The Labute approximate surface area is 104 Å². The number of fused-ring (bicyclic) bond motifs is 1. The van der Waals surface area contributed by atoms with Gasteiger partial charge in [0.15, 0.2) is 6.04 Å². The molecule has 1 atom stereocenters. The summed E-state index contributed by atoms with van der Waals surface area (Å²) in [6.07, 6.45) is -3.99. The number of carbonyl (C=O) groups is 2. The van der Waals surface area contributed by atoms with Gasteiger partial charge in [0.05, 0.1) is 12.2 Å². The fourth-order valence-electron chi connectivity index (χ4n) is 1.92. The summed E-state index contributed by atoms with van der Waals surface area (Å²) in [7, 11) is 0. The molecule has 0 saturated heterocycles. The van der Waals surface area contributed by atoms with Crippen LogP contribution >= 0.6 is 0 Å². The molecule has 1 N–H and O–H groups in total. The van der Waals surface area contributed by atoms with Crippen LogP contribution in [-0.4, -0.2) is 38.0 Å². The van der Waals surface area contributed by atoms with E-state index in [1.165, 1.54) is 6.92 Å². The van der Waals surface area contributed by atoms with E-state index >= 15 is 0 Å². The lowest BCUT2D eigenvalue weighted by Gasteiger charge is -2.22. The van der Waals surface area contributed by atoms with Crippen molar-refractivity contribution in [2.45, 2.75) is 25.7 Å². The average Bonchev–Trinajstić information content (AvgIpc) is 2.64. The number of aliphatic carboxylic acids is 1. The van der Waals surface area contributed by atoms with Crippen LogP contribution in [0.3, 0.4) is 0 Å². The molecule has 1 unspecified atom stereocenters. The minimum atomic E-state index is -5.13. The van der Waals surface area contributed by atoms with Crippen LogP contribution in [0.15, 0.2) is 6.20 Å². The van der Waals surface area contributed by atoms with E-state index in [1.807, 2.05) is 0 Å². The summed E-state index contributed by atoms with van der Waals surface area (Å²) in [4.78, 5) is 30.1. The summed E-state index contributed by atoms with van der Waals surface area (Å²) in [5.74, 6) is -3.46. The van der Waals surface area contributed by atoms with Gasteiger partial charge in [-0.1, -0.05) is 0 Å². The third-order valence-corrected chi connectivity index (χ3v) is 2.68. The Kier molecular flexibility index (Phi) is 2.91. The molecule has 1 amide bonds. The van der Waals surface area contributed by atoms with Crippen molar-refractivity contribution in [3.05, 3.63) is 23.3 Å². The Morgan fingerprint density at radius 2 is 2.11 bits per heavy atom. The van der Waals surface area contributed by atoms with Crippen LogP contribution in [0, 0.1) is 6.92 Å². The first-order valence-corrected chi connectivity index (χ1v) is 5.15. The number of hydrogen-bond acceptors (Lipinski definition) is 4. The van der Waals surface area contributed by atoms with Crippen molar-refractivity contribution in [3.8, 4) is 0 Å². The third kappa shape index (κ3) is 2.23. The van der Waals surface area contributed by atoms with Gasteiger partial charge in [-0.25, -0.2) is 14.8 Å². The number of alkyl halides is 3. The highest BCUT2D eigenvalue weighted by Gasteiger charge is 2.50. The number of rotatable bonds is 1. The van der Waals surface area contributed by atoms with Crippen LogP contribution in [0.1, 0.15) is 23.1 Å². The normalized spacial score (nSPS) is 18.3. The number of carbonyl (C=O) groups excluding carboxylic acids is 1. The smallest absolute Gasteiger partial charge is 0.471 e. The first-order chi connectivity index (χ1) is 8.71. The highest BCUT2D eigenvalue weighted by molar-refractivity contribution is 5.89. The van der Waals surface area contributed by atoms with Crippen LogP contribution in [-0.2, 0) is 16.1 Å². The Morgan fingerprint density at radius 1 is 1.47 bits per heavy atom. The molecule has 1 aliphatic rings. The summed E-state index contributed by atoms with van der Waals surface area (Å²) in [6.45, 7) is 1.03.